The van der Waals surface area contributed by atoms with Gasteiger partial charge in [-0.05, 0) is 45.8 Å². The molecule has 1 amide bonds. The van der Waals surface area contributed by atoms with Crippen LogP contribution in [0.4, 0.5) is 0 Å². The second kappa shape index (κ2) is 9.07. The molecule has 29 heavy (non-hydrogen) atoms. The van der Waals surface area contributed by atoms with Crippen LogP contribution in [0.25, 0.3) is 10.6 Å². The zero-order chi connectivity index (χ0) is 19.6. The maximum atomic E-state index is 13.4. The summed E-state index contributed by atoms with van der Waals surface area (Å²) in [5.74, 6) is 0.0271. The van der Waals surface area contributed by atoms with Crippen LogP contribution in [-0.4, -0.2) is 33.8 Å². The molecule has 8 heteroatoms. The van der Waals surface area contributed by atoms with Gasteiger partial charge in [0.25, 0.3) is 0 Å². The number of hydrogen-bond donors (Lipinski definition) is 2. The number of carbonyl (C=O) groups excluding carboxylic acids is 1. The molecule has 3 heterocycles. The van der Waals surface area contributed by atoms with Crippen molar-refractivity contribution in [2.45, 2.75) is 38.3 Å². The fourth-order valence-corrected chi connectivity index (χ4v) is 4.91. The highest BCUT2D eigenvalue weighted by Crippen LogP contribution is 2.33. The molecule has 0 radical (unpaired) electrons. The third-order valence-corrected chi connectivity index (χ3v) is 6.78. The SMILES string of the molecule is Cc1nc(-c2ccccc2)sc1C(C)NC(=O)C1(n2cccn2)CCNCC1.Cl. The number of nitrogens with zero attached hydrogens (tertiary/aromatic N) is 3. The number of rotatable bonds is 5. The molecule has 1 saturated heterocycles. The molecule has 1 fully saturated rings. The molecule has 0 saturated carbocycles. The smallest absolute Gasteiger partial charge is 0.248 e. The summed E-state index contributed by atoms with van der Waals surface area (Å²) in [5, 5.41) is 12.0. The summed E-state index contributed by atoms with van der Waals surface area (Å²) in [6.45, 7) is 5.65. The fraction of sp³-hybridized carbons (Fsp3) is 0.381. The molecule has 6 nitrogen and oxygen atoms in total. The minimum atomic E-state index is -0.635. The molecule has 1 unspecified atom stereocenters. The van der Waals surface area contributed by atoms with Crippen molar-refractivity contribution < 1.29 is 4.79 Å². The Labute approximate surface area is 181 Å². The lowest BCUT2D eigenvalue weighted by Gasteiger charge is -2.37. The van der Waals surface area contributed by atoms with Gasteiger partial charge >= 0.3 is 0 Å². The third-order valence-electron chi connectivity index (χ3n) is 5.39. The molecule has 1 atom stereocenters. The highest BCUT2D eigenvalue weighted by atomic mass is 35.5. The van der Waals surface area contributed by atoms with E-state index in [1.807, 2.05) is 49.0 Å². The first-order valence-electron chi connectivity index (χ1n) is 9.65. The lowest BCUT2D eigenvalue weighted by Crippen LogP contribution is -2.54. The summed E-state index contributed by atoms with van der Waals surface area (Å²) >= 11 is 1.65. The molecule has 0 spiro atoms. The van der Waals surface area contributed by atoms with Crippen molar-refractivity contribution in [2.24, 2.45) is 0 Å². The highest BCUT2D eigenvalue weighted by Gasteiger charge is 2.42. The first-order chi connectivity index (χ1) is 13.6. The average molecular weight is 432 g/mol. The lowest BCUT2D eigenvalue weighted by molar-refractivity contribution is -0.132. The Balaban J connectivity index is 0.00000240. The van der Waals surface area contributed by atoms with Gasteiger partial charge in [-0.15, -0.1) is 23.7 Å². The first kappa shape index (κ1) is 21.5. The second-order valence-electron chi connectivity index (χ2n) is 7.26. The van der Waals surface area contributed by atoms with Crippen LogP contribution in [0, 0.1) is 6.92 Å². The minimum absolute atomic E-state index is 0. The van der Waals surface area contributed by atoms with Crippen LogP contribution in [0.2, 0.25) is 0 Å². The number of halogens is 1. The molecule has 1 aliphatic rings. The van der Waals surface area contributed by atoms with Crippen molar-refractivity contribution in [3.05, 3.63) is 59.4 Å². The van der Waals surface area contributed by atoms with E-state index in [-0.39, 0.29) is 24.4 Å². The van der Waals surface area contributed by atoms with Crippen molar-refractivity contribution >= 4 is 29.7 Å². The second-order valence-corrected chi connectivity index (χ2v) is 8.29. The number of benzene rings is 1. The zero-order valence-corrected chi connectivity index (χ0v) is 18.2. The number of aryl methyl sites for hydroxylation is 1. The van der Waals surface area contributed by atoms with Gasteiger partial charge < -0.3 is 10.6 Å². The summed E-state index contributed by atoms with van der Waals surface area (Å²) < 4.78 is 1.82. The fourth-order valence-electron chi connectivity index (χ4n) is 3.83. The van der Waals surface area contributed by atoms with Gasteiger partial charge in [-0.3, -0.25) is 9.48 Å². The lowest BCUT2D eigenvalue weighted by atomic mass is 9.87. The molecule has 154 valence electrons. The van der Waals surface area contributed by atoms with Gasteiger partial charge in [-0.1, -0.05) is 30.3 Å². The average Bonchev–Trinajstić information content (AvgIpc) is 3.39. The van der Waals surface area contributed by atoms with E-state index in [0.717, 1.165) is 47.1 Å². The third kappa shape index (κ3) is 4.22. The summed E-state index contributed by atoms with van der Waals surface area (Å²) in [5.41, 5.74) is 1.44. The van der Waals surface area contributed by atoms with Gasteiger partial charge in [0.05, 0.1) is 16.6 Å². The summed E-state index contributed by atoms with van der Waals surface area (Å²) in [4.78, 5) is 19.2. The molecule has 2 aromatic heterocycles. The summed E-state index contributed by atoms with van der Waals surface area (Å²) in [6, 6.07) is 11.9. The van der Waals surface area contributed by atoms with E-state index in [1.165, 1.54) is 0 Å². The van der Waals surface area contributed by atoms with E-state index in [1.54, 1.807) is 17.5 Å². The molecule has 1 aromatic carbocycles. The van der Waals surface area contributed by atoms with E-state index in [0.29, 0.717) is 0 Å². The van der Waals surface area contributed by atoms with Gasteiger partial charge in [0.2, 0.25) is 5.91 Å². The zero-order valence-electron chi connectivity index (χ0n) is 16.6. The number of thiazole rings is 1. The Bertz CT molecular complexity index is 935. The van der Waals surface area contributed by atoms with E-state index >= 15 is 0 Å². The van der Waals surface area contributed by atoms with Gasteiger partial charge in [-0.2, -0.15) is 5.10 Å². The number of nitrogens with one attached hydrogen (secondary N) is 2. The number of piperidine rings is 1. The topological polar surface area (TPSA) is 71.8 Å². The quantitative estimate of drug-likeness (QED) is 0.646. The molecule has 1 aliphatic heterocycles. The van der Waals surface area contributed by atoms with Crippen LogP contribution in [0.3, 0.4) is 0 Å². The monoisotopic (exact) mass is 431 g/mol. The van der Waals surface area contributed by atoms with E-state index in [9.17, 15) is 4.79 Å². The number of aromatic nitrogens is 3. The van der Waals surface area contributed by atoms with Crippen LogP contribution in [-0.2, 0) is 10.3 Å². The van der Waals surface area contributed by atoms with E-state index in [2.05, 4.69) is 27.9 Å². The summed E-state index contributed by atoms with van der Waals surface area (Å²) in [7, 11) is 0. The molecule has 0 bridgehead atoms. The van der Waals surface area contributed by atoms with Crippen molar-refractivity contribution in [2.75, 3.05) is 13.1 Å². The van der Waals surface area contributed by atoms with Crippen LogP contribution in [0.15, 0.2) is 48.8 Å². The van der Waals surface area contributed by atoms with Gasteiger partial charge in [0, 0.05) is 18.0 Å². The Morgan fingerprint density at radius 1 is 1.24 bits per heavy atom. The van der Waals surface area contributed by atoms with Gasteiger partial charge in [0.1, 0.15) is 10.5 Å². The molecule has 0 aliphatic carbocycles. The maximum absolute atomic E-state index is 13.4. The van der Waals surface area contributed by atoms with Crippen molar-refractivity contribution in [1.82, 2.24) is 25.4 Å². The van der Waals surface area contributed by atoms with Gasteiger partial charge in [-0.25, -0.2) is 4.98 Å². The molecule has 3 aromatic rings. The summed E-state index contributed by atoms with van der Waals surface area (Å²) in [6.07, 6.45) is 5.08. The van der Waals surface area contributed by atoms with E-state index < -0.39 is 5.54 Å². The van der Waals surface area contributed by atoms with Crippen LogP contribution >= 0.6 is 23.7 Å². The normalized spacial score (nSPS) is 16.6. The Hall–Kier alpha value is -2.22. The predicted molar refractivity (Wildman–Crippen MR) is 118 cm³/mol. The van der Waals surface area contributed by atoms with Crippen molar-refractivity contribution in [3.8, 4) is 10.6 Å². The van der Waals surface area contributed by atoms with Crippen LogP contribution in [0.1, 0.15) is 36.4 Å². The predicted octanol–water partition coefficient (Wildman–Crippen LogP) is 3.69. The van der Waals surface area contributed by atoms with Crippen LogP contribution in [0.5, 0.6) is 0 Å². The largest absolute Gasteiger partial charge is 0.347 e. The Kier molecular flexibility index (Phi) is 6.72. The molecular weight excluding hydrogens is 406 g/mol. The maximum Gasteiger partial charge on any atom is 0.248 e. The first-order valence-corrected chi connectivity index (χ1v) is 10.5. The Morgan fingerprint density at radius 2 is 1.97 bits per heavy atom. The molecule has 4 rings (SSSR count). The molecule has 2 N–H and O–H groups in total. The number of carbonyl (C=O) groups is 1. The number of hydrogen-bond acceptors (Lipinski definition) is 5. The van der Waals surface area contributed by atoms with Gasteiger partial charge in [0.15, 0.2) is 0 Å². The van der Waals surface area contributed by atoms with Crippen LogP contribution < -0.4 is 10.6 Å². The minimum Gasteiger partial charge on any atom is -0.347 e. The Morgan fingerprint density at radius 3 is 2.62 bits per heavy atom. The van der Waals surface area contributed by atoms with Crippen molar-refractivity contribution in [3.63, 3.8) is 0 Å². The van der Waals surface area contributed by atoms with E-state index in [4.69, 9.17) is 4.98 Å². The molecular formula is C21H26ClN5OS. The highest BCUT2D eigenvalue weighted by molar-refractivity contribution is 7.15. The standard InChI is InChI=1S/C21H25N5OS.ClH/c1-15-18(28-19(24-15)17-7-4-3-5-8-17)16(2)25-20(27)21(9-12-22-13-10-21)26-14-6-11-23-26;/h3-8,11,14,16,22H,9-10,12-13H2,1-2H3,(H,25,27);1H. The van der Waals surface area contributed by atoms with Crippen molar-refractivity contribution in [1.29, 1.82) is 0 Å². The number of amides is 1.